The van der Waals surface area contributed by atoms with Gasteiger partial charge in [0.05, 0.1) is 25.2 Å². The number of hydrogen-bond acceptors (Lipinski definition) is 3. The average Bonchev–Trinajstić information content (AvgIpc) is 2.36. The third kappa shape index (κ3) is 4.19. The quantitative estimate of drug-likeness (QED) is 0.844. The highest BCUT2D eigenvalue weighted by Gasteiger charge is 2.31. The van der Waals surface area contributed by atoms with Crippen LogP contribution in [0, 0.1) is 0 Å². The van der Waals surface area contributed by atoms with Crippen LogP contribution in [0.3, 0.4) is 0 Å². The van der Waals surface area contributed by atoms with Crippen LogP contribution in [-0.4, -0.2) is 30.2 Å². The molecule has 0 spiro atoms. The Bertz CT molecular complexity index is 493. The zero-order valence-electron chi connectivity index (χ0n) is 10.7. The van der Waals surface area contributed by atoms with Gasteiger partial charge in [0.25, 0.3) is 0 Å². The first-order valence-corrected chi connectivity index (χ1v) is 6.31. The van der Waals surface area contributed by atoms with Gasteiger partial charge in [-0.1, -0.05) is 22.0 Å². The van der Waals surface area contributed by atoms with Crippen molar-refractivity contribution in [3.05, 3.63) is 33.8 Å². The predicted octanol–water partition coefficient (Wildman–Crippen LogP) is 2.91. The lowest BCUT2D eigenvalue weighted by molar-refractivity contribution is -0.170. The molecule has 0 aliphatic heterocycles. The van der Waals surface area contributed by atoms with E-state index in [2.05, 4.69) is 20.8 Å². The molecule has 112 valence electrons. The van der Waals surface area contributed by atoms with E-state index in [-0.39, 0.29) is 16.5 Å². The van der Waals surface area contributed by atoms with E-state index in [1.807, 2.05) is 0 Å². The molecule has 0 saturated carbocycles. The van der Waals surface area contributed by atoms with E-state index in [0.29, 0.717) is 0 Å². The second kappa shape index (κ2) is 6.55. The summed E-state index contributed by atoms with van der Waals surface area (Å²) in [6.07, 6.45) is -5.98. The number of carbonyl (C=O) groups excluding carboxylic acids is 1. The molecule has 0 aromatic heterocycles. The van der Waals surface area contributed by atoms with Gasteiger partial charge >= 0.3 is 6.18 Å². The Morgan fingerprint density at radius 1 is 1.50 bits per heavy atom. The lowest BCUT2D eigenvalue weighted by Crippen LogP contribution is -2.26. The van der Waals surface area contributed by atoms with Gasteiger partial charge in [-0.15, -0.1) is 0 Å². The van der Waals surface area contributed by atoms with E-state index in [1.165, 1.54) is 14.2 Å². The van der Waals surface area contributed by atoms with E-state index in [1.54, 1.807) is 0 Å². The standard InChI is InChI=1S/C12H13BrF3NO3/c1-17(20-2)11(19)6-10(18)8-4-3-7(5-9(8)13)12(14,15)16/h3-5,10,18H,6H2,1-2H3. The van der Waals surface area contributed by atoms with Crippen LogP contribution < -0.4 is 0 Å². The van der Waals surface area contributed by atoms with Gasteiger partial charge in [0, 0.05) is 11.5 Å². The van der Waals surface area contributed by atoms with Crippen molar-refractivity contribution in [1.29, 1.82) is 0 Å². The van der Waals surface area contributed by atoms with Crippen molar-refractivity contribution >= 4 is 21.8 Å². The Kier molecular flexibility index (Phi) is 5.55. The number of carbonyl (C=O) groups is 1. The number of nitrogens with zero attached hydrogens (tertiary/aromatic N) is 1. The summed E-state index contributed by atoms with van der Waals surface area (Å²) in [4.78, 5) is 16.2. The molecule has 0 aliphatic rings. The van der Waals surface area contributed by atoms with E-state index >= 15 is 0 Å². The molecule has 1 aromatic carbocycles. The summed E-state index contributed by atoms with van der Waals surface area (Å²) in [6.45, 7) is 0. The number of aliphatic hydroxyl groups is 1. The zero-order valence-corrected chi connectivity index (χ0v) is 12.3. The minimum atomic E-state index is -4.46. The Hall–Kier alpha value is -1.12. The van der Waals surface area contributed by atoms with Gasteiger partial charge in [0.2, 0.25) is 5.91 Å². The van der Waals surface area contributed by atoms with Crippen LogP contribution in [0.15, 0.2) is 22.7 Å². The molecule has 1 N–H and O–H groups in total. The van der Waals surface area contributed by atoms with Gasteiger partial charge < -0.3 is 5.11 Å². The van der Waals surface area contributed by atoms with E-state index in [0.717, 1.165) is 23.3 Å². The van der Waals surface area contributed by atoms with E-state index in [9.17, 15) is 23.1 Å². The van der Waals surface area contributed by atoms with Crippen molar-refractivity contribution in [2.45, 2.75) is 18.7 Å². The van der Waals surface area contributed by atoms with Crippen LogP contribution in [0.4, 0.5) is 13.2 Å². The Morgan fingerprint density at radius 3 is 2.55 bits per heavy atom. The third-order valence-electron chi connectivity index (χ3n) is 2.68. The second-order valence-electron chi connectivity index (χ2n) is 4.03. The molecule has 1 amide bonds. The second-order valence-corrected chi connectivity index (χ2v) is 4.88. The first-order chi connectivity index (χ1) is 9.16. The molecule has 0 fully saturated rings. The van der Waals surface area contributed by atoms with Crippen LogP contribution in [0.25, 0.3) is 0 Å². The van der Waals surface area contributed by atoms with Crippen molar-refractivity contribution in [1.82, 2.24) is 5.06 Å². The molecule has 20 heavy (non-hydrogen) atoms. The Labute approximate surface area is 122 Å². The smallest absolute Gasteiger partial charge is 0.388 e. The van der Waals surface area contributed by atoms with Gasteiger partial charge in [-0.3, -0.25) is 9.63 Å². The summed E-state index contributed by atoms with van der Waals surface area (Å²) in [5, 5.41) is 10.8. The molecular weight excluding hydrogens is 343 g/mol. The Morgan fingerprint density at radius 2 is 2.10 bits per heavy atom. The number of aliphatic hydroxyl groups excluding tert-OH is 1. The minimum Gasteiger partial charge on any atom is -0.388 e. The molecular formula is C12H13BrF3NO3. The van der Waals surface area contributed by atoms with Gasteiger partial charge in [-0.25, -0.2) is 5.06 Å². The molecule has 1 unspecified atom stereocenters. The monoisotopic (exact) mass is 355 g/mol. The van der Waals surface area contributed by atoms with Gasteiger partial charge in [-0.05, 0) is 17.7 Å². The first-order valence-electron chi connectivity index (χ1n) is 5.52. The van der Waals surface area contributed by atoms with E-state index < -0.39 is 23.8 Å². The molecule has 0 bridgehead atoms. The highest BCUT2D eigenvalue weighted by molar-refractivity contribution is 9.10. The van der Waals surface area contributed by atoms with Gasteiger partial charge in [0.15, 0.2) is 0 Å². The normalized spacial score (nSPS) is 13.2. The maximum atomic E-state index is 12.5. The fourth-order valence-corrected chi connectivity index (χ4v) is 2.12. The van der Waals surface area contributed by atoms with Crippen molar-refractivity contribution in [3.8, 4) is 0 Å². The molecule has 0 heterocycles. The van der Waals surface area contributed by atoms with Crippen LogP contribution in [-0.2, 0) is 15.8 Å². The van der Waals surface area contributed by atoms with Crippen LogP contribution >= 0.6 is 15.9 Å². The summed E-state index contributed by atoms with van der Waals surface area (Å²) in [7, 11) is 2.66. The van der Waals surface area contributed by atoms with Crippen molar-refractivity contribution in [2.75, 3.05) is 14.2 Å². The Balaban J connectivity index is 2.90. The van der Waals surface area contributed by atoms with Crippen LogP contribution in [0.2, 0.25) is 0 Å². The van der Waals surface area contributed by atoms with Crippen molar-refractivity contribution < 1.29 is 27.9 Å². The number of rotatable bonds is 4. The third-order valence-corrected chi connectivity index (χ3v) is 3.37. The summed E-state index contributed by atoms with van der Waals surface area (Å²) in [6, 6.07) is 2.86. The number of amides is 1. The average molecular weight is 356 g/mol. The van der Waals surface area contributed by atoms with Crippen LogP contribution in [0.5, 0.6) is 0 Å². The predicted molar refractivity (Wildman–Crippen MR) is 68.5 cm³/mol. The number of benzene rings is 1. The molecule has 0 radical (unpaired) electrons. The fraction of sp³-hybridized carbons (Fsp3) is 0.417. The topological polar surface area (TPSA) is 49.8 Å². The highest BCUT2D eigenvalue weighted by Crippen LogP contribution is 2.34. The number of halogens is 4. The number of alkyl halides is 3. The SMILES string of the molecule is CON(C)C(=O)CC(O)c1ccc(C(F)(F)F)cc1Br. The summed E-state index contributed by atoms with van der Waals surface area (Å²) >= 11 is 2.97. The minimum absolute atomic E-state index is 0.0905. The molecule has 1 rings (SSSR count). The largest absolute Gasteiger partial charge is 0.416 e. The zero-order chi connectivity index (χ0) is 15.5. The first kappa shape index (κ1) is 16.9. The maximum Gasteiger partial charge on any atom is 0.416 e. The molecule has 0 aliphatic carbocycles. The van der Waals surface area contributed by atoms with Crippen LogP contribution in [0.1, 0.15) is 23.7 Å². The van der Waals surface area contributed by atoms with Gasteiger partial charge in [0.1, 0.15) is 0 Å². The summed E-state index contributed by atoms with van der Waals surface area (Å²) in [5.41, 5.74) is -0.628. The van der Waals surface area contributed by atoms with E-state index in [4.69, 9.17) is 0 Å². The van der Waals surface area contributed by atoms with Gasteiger partial charge in [-0.2, -0.15) is 13.2 Å². The summed E-state index contributed by atoms with van der Waals surface area (Å²) in [5.74, 6) is -0.494. The lowest BCUT2D eigenvalue weighted by atomic mass is 10.0. The molecule has 1 atom stereocenters. The van der Waals surface area contributed by atoms with Crippen molar-refractivity contribution in [2.24, 2.45) is 0 Å². The fourth-order valence-electron chi connectivity index (χ4n) is 1.48. The highest BCUT2D eigenvalue weighted by atomic mass is 79.9. The number of hydroxylamine groups is 2. The molecule has 1 aromatic rings. The molecule has 8 heteroatoms. The molecule has 0 saturated heterocycles. The maximum absolute atomic E-state index is 12.5. The summed E-state index contributed by atoms with van der Waals surface area (Å²) < 4.78 is 37.6. The van der Waals surface area contributed by atoms with Crippen molar-refractivity contribution in [3.63, 3.8) is 0 Å². The lowest BCUT2D eigenvalue weighted by Gasteiger charge is -2.18. The molecule has 4 nitrogen and oxygen atoms in total. The number of hydrogen-bond donors (Lipinski definition) is 1.